The Hall–Kier alpha value is -2.84. The number of carbonyl (C=O) groups is 1. The van der Waals surface area contributed by atoms with E-state index in [2.05, 4.69) is 15.2 Å². The summed E-state index contributed by atoms with van der Waals surface area (Å²) in [5.41, 5.74) is -0.840. The van der Waals surface area contributed by atoms with Crippen molar-refractivity contribution in [1.29, 1.82) is 0 Å². The van der Waals surface area contributed by atoms with Crippen LogP contribution in [0.4, 0.5) is 31.1 Å². The molecular formula is C21H24F6N8O. The minimum Gasteiger partial charge on any atom is -0.323 e. The summed E-state index contributed by atoms with van der Waals surface area (Å²) in [6, 6.07) is -0.198. The van der Waals surface area contributed by atoms with Crippen molar-refractivity contribution in [3.8, 4) is 0 Å². The summed E-state index contributed by atoms with van der Waals surface area (Å²) >= 11 is 0. The molecule has 1 aliphatic carbocycles. The fourth-order valence-electron chi connectivity index (χ4n) is 6.31. The number of nitrogens with zero attached hydrogens (tertiary/aromatic N) is 8. The van der Waals surface area contributed by atoms with Crippen molar-refractivity contribution in [2.75, 3.05) is 39.3 Å². The molecule has 1 saturated carbocycles. The number of aromatic nitrogens is 5. The van der Waals surface area contributed by atoms with E-state index >= 15 is 0 Å². The molecule has 2 amide bonds. The van der Waals surface area contributed by atoms with Gasteiger partial charge in [0.05, 0.1) is 6.04 Å². The minimum absolute atomic E-state index is 0.0557. The number of carbonyl (C=O) groups excluding carboxylic acids is 1. The number of aryl methyl sites for hydroxylation is 1. The van der Waals surface area contributed by atoms with E-state index in [1.807, 2.05) is 4.90 Å². The van der Waals surface area contributed by atoms with E-state index in [0.29, 0.717) is 52.1 Å². The number of alkyl halides is 6. The number of hydrogen-bond donors (Lipinski definition) is 0. The number of halogens is 6. The summed E-state index contributed by atoms with van der Waals surface area (Å²) in [5, 5.41) is 7.09. The fourth-order valence-corrected chi connectivity index (χ4v) is 6.31. The van der Waals surface area contributed by atoms with Gasteiger partial charge < -0.3 is 9.80 Å². The van der Waals surface area contributed by atoms with E-state index in [0.717, 1.165) is 6.33 Å². The third-order valence-electron chi connectivity index (χ3n) is 7.80. The fraction of sp³-hybridized carbons (Fsp3) is 0.714. The highest BCUT2D eigenvalue weighted by molar-refractivity contribution is 5.77. The van der Waals surface area contributed by atoms with Crippen LogP contribution in [-0.4, -0.2) is 84.5 Å². The maximum Gasteiger partial charge on any atom is 0.453 e. The molecule has 4 fully saturated rings. The van der Waals surface area contributed by atoms with Crippen molar-refractivity contribution in [3.05, 3.63) is 29.6 Å². The highest BCUT2D eigenvalue weighted by Crippen LogP contribution is 2.54. The van der Waals surface area contributed by atoms with Gasteiger partial charge in [0, 0.05) is 75.5 Å². The Kier molecular flexibility index (Phi) is 4.81. The average molecular weight is 518 g/mol. The lowest BCUT2D eigenvalue weighted by Gasteiger charge is -2.63. The third-order valence-corrected chi connectivity index (χ3v) is 7.80. The molecule has 4 aliphatic rings. The molecule has 3 aliphatic heterocycles. The van der Waals surface area contributed by atoms with E-state index < -0.39 is 23.9 Å². The molecule has 5 heterocycles. The maximum atomic E-state index is 13.2. The third kappa shape index (κ3) is 3.82. The largest absolute Gasteiger partial charge is 0.453 e. The zero-order valence-electron chi connectivity index (χ0n) is 19.3. The lowest BCUT2D eigenvalue weighted by Crippen LogP contribution is -2.75. The van der Waals surface area contributed by atoms with Crippen LogP contribution in [0.5, 0.6) is 0 Å². The predicted octanol–water partition coefficient (Wildman–Crippen LogP) is 2.62. The predicted molar refractivity (Wildman–Crippen MR) is 110 cm³/mol. The van der Waals surface area contributed by atoms with Crippen molar-refractivity contribution in [1.82, 2.24) is 39.2 Å². The van der Waals surface area contributed by atoms with Gasteiger partial charge in [-0.25, -0.2) is 14.5 Å². The molecule has 2 aromatic heterocycles. The van der Waals surface area contributed by atoms with E-state index in [1.54, 1.807) is 9.80 Å². The quantitative estimate of drug-likeness (QED) is 0.585. The monoisotopic (exact) mass is 518 g/mol. The lowest BCUT2D eigenvalue weighted by molar-refractivity contribution is -0.145. The highest BCUT2D eigenvalue weighted by Gasteiger charge is 2.58. The van der Waals surface area contributed by atoms with Gasteiger partial charge in [-0.1, -0.05) is 0 Å². The molecule has 0 N–H and O–H groups in total. The van der Waals surface area contributed by atoms with E-state index in [9.17, 15) is 31.1 Å². The number of hydrogen-bond acceptors (Lipinski definition) is 5. The first kappa shape index (κ1) is 23.6. The summed E-state index contributed by atoms with van der Waals surface area (Å²) in [6.07, 6.45) is -5.23. The topological polar surface area (TPSA) is 75.3 Å². The van der Waals surface area contributed by atoms with Crippen molar-refractivity contribution >= 4 is 6.03 Å². The second-order valence-electron chi connectivity index (χ2n) is 10.9. The Labute approximate surface area is 201 Å². The molecule has 196 valence electrons. The summed E-state index contributed by atoms with van der Waals surface area (Å²) in [4.78, 5) is 21.6. The van der Waals surface area contributed by atoms with Crippen molar-refractivity contribution in [2.24, 2.45) is 17.9 Å². The Morgan fingerprint density at radius 3 is 2.11 bits per heavy atom. The first-order valence-electron chi connectivity index (χ1n) is 11.6. The Morgan fingerprint density at radius 2 is 1.56 bits per heavy atom. The molecule has 0 atom stereocenters. The molecule has 0 aromatic carbocycles. The van der Waals surface area contributed by atoms with Gasteiger partial charge in [-0.05, 0) is 12.8 Å². The Morgan fingerprint density at radius 1 is 0.944 bits per heavy atom. The molecule has 36 heavy (non-hydrogen) atoms. The van der Waals surface area contributed by atoms with Gasteiger partial charge in [0.15, 0.2) is 5.69 Å². The van der Waals surface area contributed by atoms with Gasteiger partial charge in [0.25, 0.3) is 5.82 Å². The van der Waals surface area contributed by atoms with Crippen LogP contribution in [0.2, 0.25) is 0 Å². The molecule has 15 heteroatoms. The molecule has 0 bridgehead atoms. The van der Waals surface area contributed by atoms with Crippen LogP contribution in [0.3, 0.4) is 0 Å². The zero-order chi connectivity index (χ0) is 25.7. The van der Waals surface area contributed by atoms with Crippen molar-refractivity contribution in [3.63, 3.8) is 0 Å². The van der Waals surface area contributed by atoms with E-state index in [-0.39, 0.29) is 35.0 Å². The summed E-state index contributed by atoms with van der Waals surface area (Å²) in [5.74, 6) is -1.14. The maximum absolute atomic E-state index is 13.2. The molecule has 2 spiro atoms. The molecule has 0 unspecified atom stereocenters. The number of amides is 2. The summed E-state index contributed by atoms with van der Waals surface area (Å²) in [6.45, 7) is 3.73. The van der Waals surface area contributed by atoms with Gasteiger partial charge in [0.2, 0.25) is 0 Å². The summed E-state index contributed by atoms with van der Waals surface area (Å²) in [7, 11) is 1.47. The molecule has 6 rings (SSSR count). The van der Waals surface area contributed by atoms with E-state index in [1.165, 1.54) is 22.6 Å². The van der Waals surface area contributed by atoms with Crippen LogP contribution in [0, 0.1) is 10.8 Å². The molecular weight excluding hydrogens is 494 g/mol. The van der Waals surface area contributed by atoms with Crippen LogP contribution in [0.25, 0.3) is 0 Å². The van der Waals surface area contributed by atoms with E-state index in [4.69, 9.17) is 0 Å². The average Bonchev–Trinajstić information content (AvgIpc) is 3.26. The second-order valence-corrected chi connectivity index (χ2v) is 10.9. The first-order valence-corrected chi connectivity index (χ1v) is 11.6. The van der Waals surface area contributed by atoms with Gasteiger partial charge in [-0.2, -0.15) is 31.4 Å². The normalized spacial score (nSPS) is 23.4. The molecule has 9 nitrogen and oxygen atoms in total. The number of rotatable bonds is 3. The standard InChI is InChI=1S/C21H24F6N8O/c1-31-4-13(15(29-31)20(22,23)24)5-32-6-19(7-32)10-34(11-19)17(36)33-8-18(9-33)2-14(3-18)35-12-28-16(30-35)21(25,26)27/h4,12,14H,2-3,5-11H2,1H3. The second kappa shape index (κ2) is 7.35. The highest BCUT2D eigenvalue weighted by atomic mass is 19.4. The molecule has 3 saturated heterocycles. The SMILES string of the molecule is Cn1cc(CN2CC3(C2)CN(C(=O)N2CC4(CC(n5cnc(C(F)(F)F)n5)C4)C2)C3)c(C(F)(F)F)n1. The van der Waals surface area contributed by atoms with Gasteiger partial charge >= 0.3 is 18.4 Å². The number of likely N-dealkylation sites (tertiary alicyclic amines) is 3. The smallest absolute Gasteiger partial charge is 0.323 e. The van der Waals surface area contributed by atoms with Gasteiger partial charge in [-0.3, -0.25) is 9.58 Å². The van der Waals surface area contributed by atoms with Gasteiger partial charge in [-0.15, -0.1) is 5.10 Å². The first-order chi connectivity index (χ1) is 16.7. The van der Waals surface area contributed by atoms with Crippen LogP contribution >= 0.6 is 0 Å². The summed E-state index contributed by atoms with van der Waals surface area (Å²) < 4.78 is 80.0. The van der Waals surface area contributed by atoms with Crippen molar-refractivity contribution in [2.45, 2.75) is 37.8 Å². The Bertz CT molecular complexity index is 1170. The Balaban J connectivity index is 0.945. The molecule has 0 radical (unpaired) electrons. The van der Waals surface area contributed by atoms with Crippen molar-refractivity contribution < 1.29 is 31.1 Å². The van der Waals surface area contributed by atoms with Gasteiger partial charge in [0.1, 0.15) is 6.33 Å². The number of urea groups is 1. The zero-order valence-corrected chi connectivity index (χ0v) is 19.3. The molecule has 2 aromatic rings. The van der Waals surface area contributed by atoms with Crippen LogP contribution in [0.15, 0.2) is 12.5 Å². The lowest BCUT2D eigenvalue weighted by atomic mass is 9.60. The van der Waals surface area contributed by atoms with Crippen LogP contribution < -0.4 is 0 Å². The van der Waals surface area contributed by atoms with Crippen LogP contribution in [-0.2, 0) is 25.9 Å². The van der Waals surface area contributed by atoms with Crippen LogP contribution in [0.1, 0.15) is 36.0 Å². The minimum atomic E-state index is -4.57.